The third-order valence-electron chi connectivity index (χ3n) is 7.44. The van der Waals surface area contributed by atoms with Crippen molar-refractivity contribution < 1.29 is 23.7 Å². The number of pyridine rings is 1. The Morgan fingerprint density at radius 1 is 0.875 bits per heavy atom. The average Bonchev–Trinajstić information content (AvgIpc) is 3.33. The molecule has 0 unspecified atom stereocenters. The standard InChI is InChI=1S/C30H22FN5O4/c31-24-11-9-20(26-23(24)10-12-25(32-26)34-13-15-40-16-14-34)19-7-5-18(6-8-19)17-35-28-27(33-36(35)39)29(37)21-3-1-2-4-22(21)30(28)38/h1-12H,13-17H2. The molecule has 1 aliphatic carbocycles. The van der Waals surface area contributed by atoms with Crippen molar-refractivity contribution in [2.24, 2.45) is 0 Å². The summed E-state index contributed by atoms with van der Waals surface area (Å²) in [6.45, 7) is 2.71. The Bertz CT molecular complexity index is 1830. The van der Waals surface area contributed by atoms with Gasteiger partial charge in [0.15, 0.2) is 5.69 Å². The molecule has 3 heterocycles. The first-order valence-electron chi connectivity index (χ1n) is 12.9. The predicted molar refractivity (Wildman–Crippen MR) is 144 cm³/mol. The third-order valence-corrected chi connectivity index (χ3v) is 7.44. The molecule has 0 radical (unpaired) electrons. The van der Waals surface area contributed by atoms with Gasteiger partial charge in [-0.1, -0.05) is 48.5 Å². The number of carbonyl (C=O) groups is 2. The van der Waals surface area contributed by atoms with E-state index in [2.05, 4.69) is 10.00 Å². The van der Waals surface area contributed by atoms with Gasteiger partial charge in [-0.2, -0.15) is 0 Å². The molecule has 10 heteroatoms. The summed E-state index contributed by atoms with van der Waals surface area (Å²) in [7, 11) is 0. The van der Waals surface area contributed by atoms with Gasteiger partial charge in [0.25, 0.3) is 0 Å². The second-order valence-electron chi connectivity index (χ2n) is 9.77. The van der Waals surface area contributed by atoms with Crippen LogP contribution >= 0.6 is 0 Å². The van der Waals surface area contributed by atoms with Crippen molar-refractivity contribution in [1.29, 1.82) is 0 Å². The Morgan fingerprint density at radius 3 is 2.35 bits per heavy atom. The molecule has 9 nitrogen and oxygen atoms in total. The van der Waals surface area contributed by atoms with E-state index in [1.54, 1.807) is 36.4 Å². The monoisotopic (exact) mass is 535 g/mol. The molecule has 0 N–H and O–H groups in total. The summed E-state index contributed by atoms with van der Waals surface area (Å²) in [6.07, 6.45) is 0. The molecule has 7 rings (SSSR count). The van der Waals surface area contributed by atoms with Gasteiger partial charge in [0, 0.05) is 45.2 Å². The van der Waals surface area contributed by atoms with E-state index in [9.17, 15) is 19.2 Å². The van der Waals surface area contributed by atoms with Crippen LogP contribution in [0.3, 0.4) is 0 Å². The topological polar surface area (TPSA) is 104 Å². The minimum atomic E-state index is -0.448. The molecular formula is C30H22FN5O4. The molecular weight excluding hydrogens is 513 g/mol. The number of hydrogen-bond acceptors (Lipinski definition) is 7. The number of hydrogen-bond donors (Lipinski definition) is 0. The van der Waals surface area contributed by atoms with E-state index in [1.807, 2.05) is 30.3 Å². The Morgan fingerprint density at radius 2 is 1.60 bits per heavy atom. The molecule has 2 aromatic heterocycles. The Labute approximate surface area is 227 Å². The fourth-order valence-corrected chi connectivity index (χ4v) is 5.38. The van der Waals surface area contributed by atoms with Gasteiger partial charge < -0.3 is 14.8 Å². The van der Waals surface area contributed by atoms with E-state index in [0.717, 1.165) is 35.6 Å². The maximum absolute atomic E-state index is 14.7. The highest BCUT2D eigenvalue weighted by molar-refractivity contribution is 6.26. The number of rotatable bonds is 4. The molecule has 0 amide bonds. The van der Waals surface area contributed by atoms with Gasteiger partial charge in [-0.05, 0) is 35.4 Å². The summed E-state index contributed by atoms with van der Waals surface area (Å²) in [4.78, 5) is 33.3. The lowest BCUT2D eigenvalue weighted by atomic mass is 9.90. The lowest BCUT2D eigenvalue weighted by Crippen LogP contribution is -2.41. The van der Waals surface area contributed by atoms with Gasteiger partial charge in [-0.25, -0.2) is 9.37 Å². The van der Waals surface area contributed by atoms with Crippen LogP contribution in [-0.4, -0.2) is 52.6 Å². The van der Waals surface area contributed by atoms with Crippen LogP contribution in [0.1, 0.15) is 37.7 Å². The molecule has 1 aliphatic heterocycles. The molecule has 198 valence electrons. The first-order valence-corrected chi connectivity index (χ1v) is 12.9. The number of ether oxygens (including phenoxy) is 1. The summed E-state index contributed by atoms with van der Waals surface area (Å²) in [5, 5.41) is 17.0. The molecule has 0 spiro atoms. The minimum absolute atomic E-state index is 0.0212. The van der Waals surface area contributed by atoms with Gasteiger partial charge in [0.2, 0.25) is 17.3 Å². The minimum Gasteiger partial charge on any atom is -0.571 e. The number of carbonyl (C=O) groups excluding carboxylic acids is 2. The number of halogens is 1. The highest BCUT2D eigenvalue weighted by atomic mass is 19.1. The Balaban J connectivity index is 1.22. The number of ketones is 2. The average molecular weight is 536 g/mol. The van der Waals surface area contributed by atoms with E-state index in [-0.39, 0.29) is 34.9 Å². The van der Waals surface area contributed by atoms with Gasteiger partial charge in [0.1, 0.15) is 18.2 Å². The molecule has 1 saturated heterocycles. The highest BCUT2D eigenvalue weighted by Gasteiger charge is 2.39. The number of morpholine rings is 1. The zero-order valence-corrected chi connectivity index (χ0v) is 21.2. The highest BCUT2D eigenvalue weighted by Crippen LogP contribution is 2.32. The van der Waals surface area contributed by atoms with Gasteiger partial charge in [0.05, 0.1) is 18.7 Å². The lowest BCUT2D eigenvalue weighted by Gasteiger charge is -2.28. The quantitative estimate of drug-likeness (QED) is 0.251. The number of benzene rings is 3. The summed E-state index contributed by atoms with van der Waals surface area (Å²) >= 11 is 0. The molecule has 0 atom stereocenters. The van der Waals surface area contributed by atoms with Crippen molar-refractivity contribution in [2.75, 3.05) is 31.2 Å². The first kappa shape index (κ1) is 24.1. The van der Waals surface area contributed by atoms with Gasteiger partial charge in [-0.3, -0.25) is 9.59 Å². The number of anilines is 1. The van der Waals surface area contributed by atoms with Crippen LogP contribution in [0.15, 0.2) is 72.8 Å². The summed E-state index contributed by atoms with van der Waals surface area (Å²) < 4.78 is 21.3. The van der Waals surface area contributed by atoms with E-state index in [0.29, 0.717) is 29.1 Å². The van der Waals surface area contributed by atoms with Crippen LogP contribution in [0.4, 0.5) is 10.2 Å². The molecule has 1 fully saturated rings. The van der Waals surface area contributed by atoms with Crippen molar-refractivity contribution in [2.45, 2.75) is 6.54 Å². The van der Waals surface area contributed by atoms with Crippen LogP contribution in [0.2, 0.25) is 0 Å². The zero-order valence-electron chi connectivity index (χ0n) is 21.2. The Kier molecular flexibility index (Phi) is 5.64. The smallest absolute Gasteiger partial charge is 0.220 e. The summed E-state index contributed by atoms with van der Waals surface area (Å²) in [5.74, 6) is -0.438. The molecule has 0 bridgehead atoms. The molecule has 0 saturated carbocycles. The van der Waals surface area contributed by atoms with E-state index >= 15 is 0 Å². The molecule has 5 aromatic rings. The van der Waals surface area contributed by atoms with E-state index in [4.69, 9.17) is 9.72 Å². The number of aromatic nitrogens is 4. The van der Waals surface area contributed by atoms with Crippen LogP contribution < -0.4 is 9.86 Å². The summed E-state index contributed by atoms with van der Waals surface area (Å²) in [6, 6.07) is 20.6. The third kappa shape index (κ3) is 3.84. The molecule has 3 aromatic carbocycles. The largest absolute Gasteiger partial charge is 0.571 e. The van der Waals surface area contributed by atoms with E-state index < -0.39 is 11.6 Å². The first-order chi connectivity index (χ1) is 19.5. The van der Waals surface area contributed by atoms with Crippen molar-refractivity contribution in [3.05, 3.63) is 112 Å². The van der Waals surface area contributed by atoms with Crippen molar-refractivity contribution in [3.63, 3.8) is 0 Å². The fourth-order valence-electron chi connectivity index (χ4n) is 5.38. The second kappa shape index (κ2) is 9.35. The van der Waals surface area contributed by atoms with E-state index in [1.165, 1.54) is 10.7 Å². The zero-order chi connectivity index (χ0) is 27.4. The van der Waals surface area contributed by atoms with Crippen molar-refractivity contribution >= 4 is 28.3 Å². The van der Waals surface area contributed by atoms with Crippen molar-refractivity contribution in [1.82, 2.24) is 14.8 Å². The maximum Gasteiger partial charge on any atom is 0.220 e. The van der Waals surface area contributed by atoms with Crippen molar-refractivity contribution in [3.8, 4) is 11.1 Å². The maximum atomic E-state index is 14.7. The van der Waals surface area contributed by atoms with Gasteiger partial charge in [-0.15, -0.1) is 4.68 Å². The number of nitrogens with zero attached hydrogens (tertiary/aromatic N) is 5. The second-order valence-corrected chi connectivity index (χ2v) is 9.77. The van der Waals surface area contributed by atoms with Crippen LogP contribution in [0.25, 0.3) is 22.0 Å². The summed E-state index contributed by atoms with van der Waals surface area (Å²) in [5.41, 5.74) is 3.21. The molecule has 40 heavy (non-hydrogen) atoms. The molecule has 2 aliphatic rings. The lowest BCUT2D eigenvalue weighted by molar-refractivity contribution is -0.748. The Hall–Kier alpha value is -4.96. The van der Waals surface area contributed by atoms with Crippen LogP contribution in [0.5, 0.6) is 0 Å². The fraction of sp³-hybridized carbons (Fsp3) is 0.167. The normalized spacial score (nSPS) is 14.9. The SMILES string of the molecule is O=C1c2ccccc2C(=O)c2c1n[n+]([O-])n2Cc1ccc(-c2ccc(F)c3ccc(N4CCOCC4)nc23)cc1. The van der Waals surface area contributed by atoms with Crippen LogP contribution in [-0.2, 0) is 11.3 Å². The number of fused-ring (bicyclic) bond motifs is 3. The predicted octanol–water partition coefficient (Wildman–Crippen LogP) is 3.53. The van der Waals surface area contributed by atoms with Gasteiger partial charge >= 0.3 is 0 Å². The van der Waals surface area contributed by atoms with Crippen LogP contribution in [0, 0.1) is 11.0 Å².